The second kappa shape index (κ2) is 11.2. The highest BCUT2D eigenvalue weighted by Gasteiger charge is 2.41. The Balaban J connectivity index is 1.66. The van der Waals surface area contributed by atoms with E-state index in [0.717, 1.165) is 0 Å². The fourth-order valence-corrected chi connectivity index (χ4v) is 4.35. The van der Waals surface area contributed by atoms with Gasteiger partial charge in [0.15, 0.2) is 5.79 Å². The van der Waals surface area contributed by atoms with Gasteiger partial charge in [-0.15, -0.1) is 0 Å². The third kappa shape index (κ3) is 7.15. The number of ether oxygens (including phenoxy) is 4. The smallest absolute Gasteiger partial charge is 0.163 e. The molecule has 0 saturated carbocycles. The summed E-state index contributed by atoms with van der Waals surface area (Å²) in [5.41, 5.74) is 2.37. The Morgan fingerprint density at radius 2 is 1.52 bits per heavy atom. The third-order valence-corrected chi connectivity index (χ3v) is 6.05. The van der Waals surface area contributed by atoms with Gasteiger partial charge < -0.3 is 18.9 Å². The van der Waals surface area contributed by atoms with Crippen LogP contribution in [-0.4, -0.2) is 31.2 Å². The molecule has 0 aromatic heterocycles. The van der Waals surface area contributed by atoms with Crippen molar-refractivity contribution in [1.29, 1.82) is 0 Å². The van der Waals surface area contributed by atoms with Crippen LogP contribution in [0.25, 0.3) is 0 Å². The number of benzene rings is 2. The summed E-state index contributed by atoms with van der Waals surface area (Å²) < 4.78 is 24.8. The molecule has 31 heavy (non-hydrogen) atoms. The molecule has 170 valence electrons. The van der Waals surface area contributed by atoms with Crippen LogP contribution in [0.5, 0.6) is 0 Å². The lowest BCUT2D eigenvalue weighted by Gasteiger charge is -2.45. The Morgan fingerprint density at radius 3 is 2.13 bits per heavy atom. The van der Waals surface area contributed by atoms with Crippen molar-refractivity contribution < 1.29 is 18.9 Å². The molecule has 0 bridgehead atoms. The number of hydrogen-bond acceptors (Lipinski definition) is 4. The van der Waals surface area contributed by atoms with Crippen LogP contribution in [0.1, 0.15) is 45.7 Å². The molecular formula is C27H38O4. The largest absolute Gasteiger partial charge is 0.376 e. The molecule has 1 aliphatic rings. The van der Waals surface area contributed by atoms with Gasteiger partial charge in [-0.1, -0.05) is 81.4 Å². The lowest BCUT2D eigenvalue weighted by molar-refractivity contribution is -0.306. The molecule has 0 aliphatic carbocycles. The van der Waals surface area contributed by atoms with E-state index in [0.29, 0.717) is 32.3 Å². The molecule has 0 N–H and O–H groups in total. The molecule has 0 radical (unpaired) electrons. The SMILES string of the molecule is C[C@H]([C@H](OCc1ccccc1)[C@H](C)COCc1ccccc1)[C@@H]1OC(C)(C)OC[C@H]1C. The summed E-state index contributed by atoms with van der Waals surface area (Å²) in [5, 5.41) is 0. The van der Waals surface area contributed by atoms with Gasteiger partial charge in [0, 0.05) is 17.8 Å². The van der Waals surface area contributed by atoms with Crippen molar-refractivity contribution in [2.75, 3.05) is 13.2 Å². The second-order valence-electron chi connectivity index (χ2n) is 9.37. The van der Waals surface area contributed by atoms with Crippen molar-refractivity contribution in [2.24, 2.45) is 17.8 Å². The standard InChI is InChI=1S/C27H38O4/c1-20(16-28-18-23-12-8-6-9-13-23)25(29-19-24-14-10-7-11-15-24)22(3)26-21(2)17-30-27(4,5)31-26/h6-15,20-22,25-26H,16-19H2,1-5H3/t20-,21-,22-,25-,26-/m1/s1. The molecule has 0 spiro atoms. The van der Waals surface area contributed by atoms with E-state index in [1.165, 1.54) is 11.1 Å². The molecule has 0 amide bonds. The third-order valence-electron chi connectivity index (χ3n) is 6.05. The molecular weight excluding hydrogens is 388 g/mol. The summed E-state index contributed by atoms with van der Waals surface area (Å²) in [5.74, 6) is 0.173. The van der Waals surface area contributed by atoms with E-state index in [2.05, 4.69) is 57.2 Å². The molecule has 3 rings (SSSR count). The van der Waals surface area contributed by atoms with Crippen LogP contribution in [-0.2, 0) is 32.2 Å². The number of rotatable bonds is 10. The van der Waals surface area contributed by atoms with Gasteiger partial charge in [0.05, 0.1) is 38.6 Å². The fraction of sp³-hybridized carbons (Fsp3) is 0.556. The highest BCUT2D eigenvalue weighted by atomic mass is 16.7. The van der Waals surface area contributed by atoms with Crippen LogP contribution in [0.4, 0.5) is 0 Å². The van der Waals surface area contributed by atoms with Crippen molar-refractivity contribution in [3.05, 3.63) is 71.8 Å². The van der Waals surface area contributed by atoms with Crippen LogP contribution in [0, 0.1) is 17.8 Å². The molecule has 1 heterocycles. The first-order valence-electron chi connectivity index (χ1n) is 11.4. The van der Waals surface area contributed by atoms with Crippen LogP contribution in [0.2, 0.25) is 0 Å². The molecule has 4 nitrogen and oxygen atoms in total. The van der Waals surface area contributed by atoms with Crippen molar-refractivity contribution in [3.8, 4) is 0 Å². The first kappa shape index (κ1) is 23.9. The zero-order chi connectivity index (χ0) is 22.3. The lowest BCUT2D eigenvalue weighted by atomic mass is 9.83. The number of hydrogen-bond donors (Lipinski definition) is 0. The molecule has 4 heteroatoms. The highest BCUT2D eigenvalue weighted by Crippen LogP contribution is 2.34. The van der Waals surface area contributed by atoms with Crippen molar-refractivity contribution in [1.82, 2.24) is 0 Å². The van der Waals surface area contributed by atoms with E-state index in [4.69, 9.17) is 18.9 Å². The monoisotopic (exact) mass is 426 g/mol. The van der Waals surface area contributed by atoms with Crippen LogP contribution in [0.15, 0.2) is 60.7 Å². The maximum Gasteiger partial charge on any atom is 0.163 e. The molecule has 1 saturated heterocycles. The molecule has 1 fully saturated rings. The van der Waals surface area contributed by atoms with Crippen LogP contribution < -0.4 is 0 Å². The molecule has 5 atom stereocenters. The minimum atomic E-state index is -0.567. The molecule has 2 aromatic rings. The molecule has 2 aromatic carbocycles. The quantitative estimate of drug-likeness (QED) is 0.478. The first-order valence-corrected chi connectivity index (χ1v) is 11.4. The van der Waals surface area contributed by atoms with E-state index in [9.17, 15) is 0 Å². The van der Waals surface area contributed by atoms with E-state index in [1.807, 2.05) is 38.1 Å². The maximum atomic E-state index is 6.52. The molecule has 1 aliphatic heterocycles. The van der Waals surface area contributed by atoms with Crippen LogP contribution >= 0.6 is 0 Å². The highest BCUT2D eigenvalue weighted by molar-refractivity contribution is 5.14. The van der Waals surface area contributed by atoms with Gasteiger partial charge in [0.2, 0.25) is 0 Å². The summed E-state index contributed by atoms with van der Waals surface area (Å²) >= 11 is 0. The summed E-state index contributed by atoms with van der Waals surface area (Å²) in [6.45, 7) is 13.2. The summed E-state index contributed by atoms with van der Waals surface area (Å²) in [6.07, 6.45) is 0.0819. The first-order chi connectivity index (χ1) is 14.9. The van der Waals surface area contributed by atoms with Gasteiger partial charge >= 0.3 is 0 Å². The summed E-state index contributed by atoms with van der Waals surface area (Å²) in [7, 11) is 0. The average Bonchev–Trinajstić information content (AvgIpc) is 2.77. The average molecular weight is 427 g/mol. The lowest BCUT2D eigenvalue weighted by Crippen LogP contribution is -2.51. The minimum Gasteiger partial charge on any atom is -0.376 e. The van der Waals surface area contributed by atoms with Crippen molar-refractivity contribution in [2.45, 2.75) is 65.8 Å². The predicted molar refractivity (Wildman–Crippen MR) is 124 cm³/mol. The van der Waals surface area contributed by atoms with Gasteiger partial charge in [0.25, 0.3) is 0 Å². The summed E-state index contributed by atoms with van der Waals surface area (Å²) in [6, 6.07) is 20.6. The predicted octanol–water partition coefficient (Wildman–Crippen LogP) is 5.85. The summed E-state index contributed by atoms with van der Waals surface area (Å²) in [4.78, 5) is 0. The van der Waals surface area contributed by atoms with E-state index in [1.54, 1.807) is 0 Å². The van der Waals surface area contributed by atoms with Crippen LogP contribution in [0.3, 0.4) is 0 Å². The zero-order valence-corrected chi connectivity index (χ0v) is 19.6. The Hall–Kier alpha value is -1.72. The normalized spacial score (nSPS) is 23.8. The molecule has 0 unspecified atom stereocenters. The van der Waals surface area contributed by atoms with Gasteiger partial charge in [0.1, 0.15) is 0 Å². The van der Waals surface area contributed by atoms with Crippen molar-refractivity contribution >= 4 is 0 Å². The van der Waals surface area contributed by atoms with Crippen molar-refractivity contribution in [3.63, 3.8) is 0 Å². The van der Waals surface area contributed by atoms with E-state index < -0.39 is 5.79 Å². The van der Waals surface area contributed by atoms with Gasteiger partial charge in [-0.2, -0.15) is 0 Å². The Bertz CT molecular complexity index is 761. The minimum absolute atomic E-state index is 0.0114. The van der Waals surface area contributed by atoms with Gasteiger partial charge in [-0.25, -0.2) is 0 Å². The fourth-order valence-electron chi connectivity index (χ4n) is 4.35. The van der Waals surface area contributed by atoms with E-state index >= 15 is 0 Å². The Morgan fingerprint density at radius 1 is 0.935 bits per heavy atom. The second-order valence-corrected chi connectivity index (χ2v) is 9.37. The zero-order valence-electron chi connectivity index (χ0n) is 19.6. The topological polar surface area (TPSA) is 36.9 Å². The van der Waals surface area contributed by atoms with E-state index in [-0.39, 0.29) is 24.0 Å². The Kier molecular flexibility index (Phi) is 8.67. The van der Waals surface area contributed by atoms with Gasteiger partial charge in [-0.3, -0.25) is 0 Å². The van der Waals surface area contributed by atoms with Gasteiger partial charge in [-0.05, 0) is 25.0 Å². The Labute approximate surface area is 187 Å². The maximum absolute atomic E-state index is 6.52.